The summed E-state index contributed by atoms with van der Waals surface area (Å²) in [6.07, 6.45) is 0.992. The van der Waals surface area contributed by atoms with Crippen LogP contribution in [0.3, 0.4) is 0 Å². The molecule has 2 rings (SSSR count). The Morgan fingerprint density at radius 3 is 3.05 bits per heavy atom. The summed E-state index contributed by atoms with van der Waals surface area (Å²) < 4.78 is 4.90. The van der Waals surface area contributed by atoms with Gasteiger partial charge in [0.2, 0.25) is 0 Å². The Kier molecular flexibility index (Phi) is 5.12. The molecule has 0 unspecified atom stereocenters. The molecule has 0 aliphatic carbocycles. The first-order valence-corrected chi connectivity index (χ1v) is 7.49. The van der Waals surface area contributed by atoms with Crippen LogP contribution in [0.15, 0.2) is 29.6 Å². The number of hydrogen-bond acceptors (Lipinski definition) is 5. The quantitative estimate of drug-likeness (QED) is 0.824. The molecule has 0 aliphatic heterocycles. The van der Waals surface area contributed by atoms with E-state index in [0.717, 1.165) is 16.5 Å². The molecule has 0 saturated carbocycles. The molecule has 20 heavy (non-hydrogen) atoms. The van der Waals surface area contributed by atoms with Crippen LogP contribution >= 0.6 is 11.3 Å². The van der Waals surface area contributed by atoms with Crippen molar-refractivity contribution in [1.29, 1.82) is 0 Å². The monoisotopic (exact) mass is 290 g/mol. The van der Waals surface area contributed by atoms with Crippen LogP contribution in [-0.4, -0.2) is 17.6 Å². The number of nitrogens with zero attached hydrogens (tertiary/aromatic N) is 1. The number of ether oxygens (including phenoxy) is 1. The van der Waals surface area contributed by atoms with E-state index in [4.69, 9.17) is 4.74 Å². The van der Waals surface area contributed by atoms with Crippen LogP contribution in [-0.2, 0) is 16.0 Å². The fourth-order valence-corrected chi connectivity index (χ4v) is 2.55. The SMILES string of the molecule is CCOC(=O)CCc1csc(Nc2cccc(C)c2)n1. The molecule has 1 heterocycles. The van der Waals surface area contributed by atoms with E-state index in [1.165, 1.54) is 5.56 Å². The maximum absolute atomic E-state index is 11.3. The number of hydrogen-bond donors (Lipinski definition) is 1. The number of carbonyl (C=O) groups excluding carboxylic acids is 1. The molecule has 0 radical (unpaired) electrons. The first-order chi connectivity index (χ1) is 9.67. The average molecular weight is 290 g/mol. The van der Waals surface area contributed by atoms with E-state index < -0.39 is 0 Å². The first kappa shape index (κ1) is 14.5. The molecule has 5 heteroatoms. The summed E-state index contributed by atoms with van der Waals surface area (Å²) >= 11 is 1.54. The lowest BCUT2D eigenvalue weighted by Crippen LogP contribution is -2.05. The smallest absolute Gasteiger partial charge is 0.306 e. The summed E-state index contributed by atoms with van der Waals surface area (Å²) in [5.41, 5.74) is 3.14. The first-order valence-electron chi connectivity index (χ1n) is 6.61. The Balaban J connectivity index is 1.90. The van der Waals surface area contributed by atoms with Gasteiger partial charge < -0.3 is 10.1 Å². The second kappa shape index (κ2) is 7.05. The summed E-state index contributed by atoms with van der Waals surface area (Å²) in [5, 5.41) is 6.08. The minimum Gasteiger partial charge on any atom is -0.466 e. The molecule has 0 aliphatic rings. The molecule has 0 saturated heterocycles. The number of thiazole rings is 1. The van der Waals surface area contributed by atoms with Crippen molar-refractivity contribution < 1.29 is 9.53 Å². The molecule has 106 valence electrons. The molecule has 2 aromatic rings. The van der Waals surface area contributed by atoms with Gasteiger partial charge in [-0.2, -0.15) is 0 Å². The third-order valence-corrected chi connectivity index (χ3v) is 3.52. The van der Waals surface area contributed by atoms with Gasteiger partial charge in [-0.25, -0.2) is 4.98 Å². The highest BCUT2D eigenvalue weighted by Gasteiger charge is 2.06. The normalized spacial score (nSPS) is 10.3. The zero-order valence-corrected chi connectivity index (χ0v) is 12.5. The molecule has 0 spiro atoms. The minimum absolute atomic E-state index is 0.173. The van der Waals surface area contributed by atoms with E-state index in [1.807, 2.05) is 24.4 Å². The van der Waals surface area contributed by atoms with Crippen molar-refractivity contribution in [3.63, 3.8) is 0 Å². The Morgan fingerprint density at radius 2 is 2.30 bits per heavy atom. The van der Waals surface area contributed by atoms with Crippen LogP contribution < -0.4 is 5.32 Å². The number of aryl methyl sites for hydroxylation is 2. The topological polar surface area (TPSA) is 51.2 Å². The summed E-state index contributed by atoms with van der Waals surface area (Å²) in [4.78, 5) is 15.8. The van der Waals surface area contributed by atoms with Gasteiger partial charge in [-0.05, 0) is 31.5 Å². The van der Waals surface area contributed by atoms with Crippen molar-refractivity contribution in [2.45, 2.75) is 26.7 Å². The standard InChI is InChI=1S/C15H18N2O2S/c1-3-19-14(18)8-7-13-10-20-15(17-13)16-12-6-4-5-11(2)9-12/h4-6,9-10H,3,7-8H2,1-2H3,(H,16,17). The average Bonchev–Trinajstić information content (AvgIpc) is 2.84. The fraction of sp³-hybridized carbons (Fsp3) is 0.333. The number of anilines is 2. The number of aromatic nitrogens is 1. The Bertz CT molecular complexity index is 581. The van der Waals surface area contributed by atoms with E-state index in [0.29, 0.717) is 19.4 Å². The van der Waals surface area contributed by atoms with Crippen LogP contribution in [0, 0.1) is 6.92 Å². The highest BCUT2D eigenvalue weighted by molar-refractivity contribution is 7.13. The van der Waals surface area contributed by atoms with Crippen molar-refractivity contribution in [3.05, 3.63) is 40.9 Å². The molecule has 1 aromatic carbocycles. The molecule has 1 aromatic heterocycles. The fourth-order valence-electron chi connectivity index (χ4n) is 1.79. The van der Waals surface area contributed by atoms with Gasteiger partial charge in [-0.15, -0.1) is 11.3 Å². The van der Waals surface area contributed by atoms with Gasteiger partial charge in [-0.1, -0.05) is 12.1 Å². The molecule has 0 fully saturated rings. The predicted octanol–water partition coefficient (Wildman–Crippen LogP) is 3.69. The number of esters is 1. The highest BCUT2D eigenvalue weighted by atomic mass is 32.1. The maximum Gasteiger partial charge on any atom is 0.306 e. The van der Waals surface area contributed by atoms with E-state index in [2.05, 4.69) is 29.4 Å². The lowest BCUT2D eigenvalue weighted by Gasteiger charge is -2.03. The lowest BCUT2D eigenvalue weighted by molar-refractivity contribution is -0.143. The Labute approximate surface area is 122 Å². The van der Waals surface area contributed by atoms with Gasteiger partial charge in [0, 0.05) is 17.5 Å². The van der Waals surface area contributed by atoms with E-state index >= 15 is 0 Å². The number of benzene rings is 1. The number of nitrogens with one attached hydrogen (secondary N) is 1. The lowest BCUT2D eigenvalue weighted by atomic mass is 10.2. The number of rotatable bonds is 6. The van der Waals surface area contributed by atoms with Crippen LogP contribution in [0.2, 0.25) is 0 Å². The van der Waals surface area contributed by atoms with Crippen molar-refractivity contribution in [3.8, 4) is 0 Å². The molecule has 0 atom stereocenters. The van der Waals surface area contributed by atoms with Crippen molar-refractivity contribution in [2.24, 2.45) is 0 Å². The predicted molar refractivity (Wildman–Crippen MR) is 81.5 cm³/mol. The molecule has 1 N–H and O–H groups in total. The van der Waals surface area contributed by atoms with Gasteiger partial charge in [-0.3, -0.25) is 4.79 Å². The van der Waals surface area contributed by atoms with Crippen molar-refractivity contribution in [2.75, 3.05) is 11.9 Å². The third kappa shape index (κ3) is 4.35. The minimum atomic E-state index is -0.173. The molecule has 0 amide bonds. The molecular weight excluding hydrogens is 272 g/mol. The molecule has 0 bridgehead atoms. The highest BCUT2D eigenvalue weighted by Crippen LogP contribution is 2.22. The maximum atomic E-state index is 11.3. The summed E-state index contributed by atoms with van der Waals surface area (Å²) in [6.45, 7) is 4.29. The van der Waals surface area contributed by atoms with Gasteiger partial charge in [0.05, 0.1) is 18.7 Å². The largest absolute Gasteiger partial charge is 0.466 e. The third-order valence-electron chi connectivity index (χ3n) is 2.71. The second-order valence-electron chi connectivity index (χ2n) is 4.44. The zero-order chi connectivity index (χ0) is 14.4. The zero-order valence-electron chi connectivity index (χ0n) is 11.7. The summed E-state index contributed by atoms with van der Waals surface area (Å²) in [6, 6.07) is 8.14. The van der Waals surface area contributed by atoms with Crippen LogP contribution in [0.25, 0.3) is 0 Å². The summed E-state index contributed by atoms with van der Waals surface area (Å²) in [5.74, 6) is -0.173. The molecular formula is C15H18N2O2S. The van der Waals surface area contributed by atoms with Crippen LogP contribution in [0.1, 0.15) is 24.6 Å². The van der Waals surface area contributed by atoms with Gasteiger partial charge in [0.15, 0.2) is 5.13 Å². The second-order valence-corrected chi connectivity index (χ2v) is 5.30. The molecule has 4 nitrogen and oxygen atoms in total. The van der Waals surface area contributed by atoms with Crippen molar-refractivity contribution >= 4 is 28.1 Å². The van der Waals surface area contributed by atoms with E-state index in [9.17, 15) is 4.79 Å². The van der Waals surface area contributed by atoms with Crippen LogP contribution in [0.4, 0.5) is 10.8 Å². The van der Waals surface area contributed by atoms with Gasteiger partial charge in [0.1, 0.15) is 0 Å². The Hall–Kier alpha value is -1.88. The van der Waals surface area contributed by atoms with Gasteiger partial charge >= 0.3 is 5.97 Å². The van der Waals surface area contributed by atoms with Crippen molar-refractivity contribution in [1.82, 2.24) is 4.98 Å². The number of carbonyl (C=O) groups is 1. The van der Waals surface area contributed by atoms with E-state index in [1.54, 1.807) is 11.3 Å². The van der Waals surface area contributed by atoms with Gasteiger partial charge in [0.25, 0.3) is 0 Å². The summed E-state index contributed by atoms with van der Waals surface area (Å²) in [7, 11) is 0. The van der Waals surface area contributed by atoms with Crippen LogP contribution in [0.5, 0.6) is 0 Å². The Morgan fingerprint density at radius 1 is 1.45 bits per heavy atom. The van der Waals surface area contributed by atoms with E-state index in [-0.39, 0.29) is 5.97 Å².